The minimum absolute atomic E-state index is 0.0745. The third kappa shape index (κ3) is 2.41. The molecule has 4 heteroatoms. The van der Waals surface area contributed by atoms with E-state index in [-0.39, 0.29) is 6.61 Å². The van der Waals surface area contributed by atoms with Crippen LogP contribution in [-0.2, 0) is 9.47 Å². The van der Waals surface area contributed by atoms with Crippen molar-refractivity contribution in [2.45, 2.75) is 31.5 Å². The van der Waals surface area contributed by atoms with E-state index in [1.165, 1.54) is 0 Å². The summed E-state index contributed by atoms with van der Waals surface area (Å²) in [4.78, 5) is 0. The van der Waals surface area contributed by atoms with Crippen LogP contribution >= 0.6 is 0 Å². The van der Waals surface area contributed by atoms with Gasteiger partial charge in [-0.1, -0.05) is 30.3 Å². The van der Waals surface area contributed by atoms with Crippen molar-refractivity contribution in [1.29, 1.82) is 0 Å². The van der Waals surface area contributed by atoms with Crippen LogP contribution in [0.15, 0.2) is 30.3 Å². The van der Waals surface area contributed by atoms with E-state index in [1.807, 2.05) is 30.3 Å². The van der Waals surface area contributed by atoms with E-state index in [0.717, 1.165) is 5.56 Å². The van der Waals surface area contributed by atoms with E-state index in [0.29, 0.717) is 0 Å². The molecule has 2 rings (SSSR count). The maximum absolute atomic E-state index is 9.64. The van der Waals surface area contributed by atoms with Gasteiger partial charge in [-0.15, -0.1) is 0 Å². The molecule has 0 radical (unpaired) electrons. The zero-order valence-corrected chi connectivity index (χ0v) is 9.11. The second-order valence-corrected chi connectivity index (χ2v) is 3.98. The molecule has 1 aliphatic rings. The molecule has 1 heterocycles. The highest BCUT2D eigenvalue weighted by atomic mass is 16.7. The van der Waals surface area contributed by atoms with Crippen molar-refractivity contribution in [3.8, 4) is 0 Å². The molecule has 0 saturated carbocycles. The molecule has 0 spiro atoms. The number of benzene rings is 1. The third-order valence-electron chi connectivity index (χ3n) is 2.70. The molecule has 1 aromatic carbocycles. The molecule has 1 aromatic rings. The highest BCUT2D eigenvalue weighted by molar-refractivity contribution is 5.16. The van der Waals surface area contributed by atoms with Crippen molar-refractivity contribution in [2.24, 2.45) is 0 Å². The molecule has 1 aliphatic heterocycles. The van der Waals surface area contributed by atoms with Crippen molar-refractivity contribution in [3.63, 3.8) is 0 Å². The maximum Gasteiger partial charge on any atom is 0.184 e. The quantitative estimate of drug-likeness (QED) is 0.742. The summed E-state index contributed by atoms with van der Waals surface area (Å²) in [7, 11) is 0. The second kappa shape index (κ2) is 4.93. The van der Waals surface area contributed by atoms with Crippen LogP contribution in [0.1, 0.15) is 18.8 Å². The van der Waals surface area contributed by atoms with Crippen LogP contribution in [0.4, 0.5) is 0 Å². The fraction of sp³-hybridized carbons (Fsp3) is 0.500. The van der Waals surface area contributed by atoms with Gasteiger partial charge in [0.15, 0.2) is 6.29 Å². The largest absolute Gasteiger partial charge is 0.388 e. The van der Waals surface area contributed by atoms with Gasteiger partial charge >= 0.3 is 0 Å². The van der Waals surface area contributed by atoms with Crippen molar-refractivity contribution < 1.29 is 19.7 Å². The lowest BCUT2D eigenvalue weighted by Gasteiger charge is -2.21. The number of aliphatic hydroxyl groups is 2. The summed E-state index contributed by atoms with van der Waals surface area (Å²) in [6.07, 6.45) is -2.79. The van der Waals surface area contributed by atoms with Gasteiger partial charge in [0.25, 0.3) is 0 Å². The van der Waals surface area contributed by atoms with Crippen molar-refractivity contribution in [2.75, 3.05) is 6.61 Å². The number of hydrogen-bond donors (Lipinski definition) is 2. The summed E-state index contributed by atoms with van der Waals surface area (Å²) in [6, 6.07) is 9.48. The maximum atomic E-state index is 9.64. The lowest BCUT2D eigenvalue weighted by atomic mass is 10.1. The first-order valence-corrected chi connectivity index (χ1v) is 5.36. The first-order chi connectivity index (χ1) is 7.68. The van der Waals surface area contributed by atoms with Gasteiger partial charge in [-0.05, 0) is 6.92 Å². The molecule has 0 bridgehead atoms. The van der Waals surface area contributed by atoms with Gasteiger partial charge in [-0.25, -0.2) is 0 Å². The van der Waals surface area contributed by atoms with Crippen LogP contribution in [0, 0.1) is 0 Å². The molecule has 0 amide bonds. The van der Waals surface area contributed by atoms with E-state index < -0.39 is 24.6 Å². The van der Waals surface area contributed by atoms with Gasteiger partial charge in [-0.3, -0.25) is 0 Å². The van der Waals surface area contributed by atoms with E-state index in [4.69, 9.17) is 9.47 Å². The minimum Gasteiger partial charge on any atom is -0.388 e. The van der Waals surface area contributed by atoms with Gasteiger partial charge in [0.1, 0.15) is 12.2 Å². The SMILES string of the molecule is CC1OC(c2ccccc2)OCC(O)C1O. The van der Waals surface area contributed by atoms with Gasteiger partial charge in [-0.2, -0.15) is 0 Å². The van der Waals surface area contributed by atoms with Crippen molar-refractivity contribution >= 4 is 0 Å². The summed E-state index contributed by atoms with van der Waals surface area (Å²) >= 11 is 0. The molecule has 88 valence electrons. The van der Waals surface area contributed by atoms with Gasteiger partial charge < -0.3 is 19.7 Å². The minimum atomic E-state index is -0.909. The smallest absolute Gasteiger partial charge is 0.184 e. The predicted octanol–water partition coefficient (Wildman–Crippen LogP) is 0.842. The average molecular weight is 224 g/mol. The van der Waals surface area contributed by atoms with E-state index in [2.05, 4.69) is 0 Å². The Morgan fingerprint density at radius 2 is 1.88 bits per heavy atom. The zero-order chi connectivity index (χ0) is 11.5. The lowest BCUT2D eigenvalue weighted by Crippen LogP contribution is -2.36. The average Bonchev–Trinajstić information content (AvgIpc) is 2.44. The van der Waals surface area contributed by atoms with Gasteiger partial charge in [0.2, 0.25) is 0 Å². The molecule has 4 atom stereocenters. The third-order valence-corrected chi connectivity index (χ3v) is 2.70. The molecule has 0 aromatic heterocycles. The highest BCUT2D eigenvalue weighted by Crippen LogP contribution is 2.25. The first-order valence-electron chi connectivity index (χ1n) is 5.36. The number of rotatable bonds is 1. The van der Waals surface area contributed by atoms with Crippen molar-refractivity contribution in [1.82, 2.24) is 0 Å². The molecule has 16 heavy (non-hydrogen) atoms. The van der Waals surface area contributed by atoms with Crippen LogP contribution in [0.5, 0.6) is 0 Å². The Balaban J connectivity index is 2.13. The van der Waals surface area contributed by atoms with E-state index >= 15 is 0 Å². The van der Waals surface area contributed by atoms with Gasteiger partial charge in [0, 0.05) is 5.56 Å². The summed E-state index contributed by atoms with van der Waals surface area (Å²) in [5.41, 5.74) is 0.885. The Labute approximate surface area is 94.4 Å². The van der Waals surface area contributed by atoms with Crippen LogP contribution in [-0.4, -0.2) is 35.1 Å². The molecule has 1 fully saturated rings. The molecular formula is C12H16O4. The van der Waals surface area contributed by atoms with Gasteiger partial charge in [0.05, 0.1) is 12.7 Å². The highest BCUT2D eigenvalue weighted by Gasteiger charge is 2.31. The fourth-order valence-corrected chi connectivity index (χ4v) is 1.70. The Hall–Kier alpha value is -0.940. The molecule has 0 aliphatic carbocycles. The fourth-order valence-electron chi connectivity index (χ4n) is 1.70. The predicted molar refractivity (Wildman–Crippen MR) is 57.7 cm³/mol. The standard InChI is InChI=1S/C12H16O4/c1-8-11(14)10(13)7-15-12(16-8)9-5-3-2-4-6-9/h2-6,8,10-14H,7H2,1H3. The summed E-state index contributed by atoms with van der Waals surface area (Å²) < 4.78 is 11.0. The Kier molecular flexibility index (Phi) is 3.56. The normalized spacial score (nSPS) is 35.7. The molecular weight excluding hydrogens is 208 g/mol. The second-order valence-electron chi connectivity index (χ2n) is 3.98. The van der Waals surface area contributed by atoms with Crippen LogP contribution in [0.3, 0.4) is 0 Å². The number of hydrogen-bond acceptors (Lipinski definition) is 4. The Morgan fingerprint density at radius 3 is 2.56 bits per heavy atom. The Bertz CT molecular complexity index is 327. The monoisotopic (exact) mass is 224 g/mol. The number of ether oxygens (including phenoxy) is 2. The summed E-state index contributed by atoms with van der Waals surface area (Å²) in [5.74, 6) is 0. The topological polar surface area (TPSA) is 58.9 Å². The first kappa shape index (κ1) is 11.5. The molecule has 1 saturated heterocycles. The molecule has 4 unspecified atom stereocenters. The number of aliphatic hydroxyl groups excluding tert-OH is 2. The summed E-state index contributed by atoms with van der Waals surface area (Å²) in [5, 5.41) is 19.2. The lowest BCUT2D eigenvalue weighted by molar-refractivity contribution is -0.164. The van der Waals surface area contributed by atoms with Crippen LogP contribution < -0.4 is 0 Å². The van der Waals surface area contributed by atoms with Crippen LogP contribution in [0.25, 0.3) is 0 Å². The van der Waals surface area contributed by atoms with E-state index in [1.54, 1.807) is 6.92 Å². The zero-order valence-electron chi connectivity index (χ0n) is 9.11. The molecule has 2 N–H and O–H groups in total. The Morgan fingerprint density at radius 1 is 1.19 bits per heavy atom. The van der Waals surface area contributed by atoms with Crippen LogP contribution in [0.2, 0.25) is 0 Å². The van der Waals surface area contributed by atoms with Crippen molar-refractivity contribution in [3.05, 3.63) is 35.9 Å². The summed E-state index contributed by atoms with van der Waals surface area (Å²) in [6.45, 7) is 1.80. The van der Waals surface area contributed by atoms with E-state index in [9.17, 15) is 10.2 Å². The molecule has 4 nitrogen and oxygen atoms in total.